The highest BCUT2D eigenvalue weighted by molar-refractivity contribution is 6.05. The minimum absolute atomic E-state index is 0.168. The van der Waals surface area contributed by atoms with Crippen LogP contribution in [0.4, 0.5) is 11.4 Å². The van der Waals surface area contributed by atoms with Gasteiger partial charge in [0.25, 0.3) is 5.91 Å². The molecule has 1 aromatic rings. The molecule has 0 unspecified atom stereocenters. The first-order chi connectivity index (χ1) is 9.52. The van der Waals surface area contributed by atoms with Gasteiger partial charge in [-0.1, -0.05) is 20.8 Å². The lowest BCUT2D eigenvalue weighted by molar-refractivity contribution is -0.115. The van der Waals surface area contributed by atoms with Crippen LogP contribution < -0.4 is 16.4 Å². The van der Waals surface area contributed by atoms with Gasteiger partial charge in [0.1, 0.15) is 0 Å². The third-order valence-electron chi connectivity index (χ3n) is 2.83. The van der Waals surface area contributed by atoms with Crippen molar-refractivity contribution in [2.75, 3.05) is 10.6 Å². The highest BCUT2D eigenvalue weighted by Gasteiger charge is 2.24. The van der Waals surface area contributed by atoms with Crippen molar-refractivity contribution in [1.82, 2.24) is 0 Å². The molecular formula is C15H21N3O3. The third kappa shape index (κ3) is 4.30. The van der Waals surface area contributed by atoms with Crippen LogP contribution in [0, 0.1) is 0 Å². The van der Waals surface area contributed by atoms with Crippen LogP contribution in [-0.4, -0.2) is 17.7 Å². The average molecular weight is 291 g/mol. The normalized spacial score (nSPS) is 10.9. The molecule has 6 nitrogen and oxygen atoms in total. The number of nitrogens with one attached hydrogen (secondary N) is 2. The van der Waals surface area contributed by atoms with Crippen molar-refractivity contribution >= 4 is 29.1 Å². The molecule has 0 spiro atoms. The fourth-order valence-electron chi connectivity index (χ4n) is 2.01. The van der Waals surface area contributed by atoms with Gasteiger partial charge in [0.2, 0.25) is 11.8 Å². The number of primary amides is 1. The molecule has 0 aliphatic heterocycles. The highest BCUT2D eigenvalue weighted by atomic mass is 16.2. The van der Waals surface area contributed by atoms with Crippen LogP contribution >= 0.6 is 0 Å². The Morgan fingerprint density at radius 1 is 1.00 bits per heavy atom. The summed E-state index contributed by atoms with van der Waals surface area (Å²) in [6, 6.07) is 3.20. The number of carbonyl (C=O) groups excluding carboxylic acids is 3. The second kappa shape index (κ2) is 5.95. The maximum absolute atomic E-state index is 11.7. The summed E-state index contributed by atoms with van der Waals surface area (Å²) in [5.74, 6) is -1.22. The lowest BCUT2D eigenvalue weighted by Crippen LogP contribution is -2.23. The summed E-state index contributed by atoms with van der Waals surface area (Å²) in [5, 5.41) is 5.29. The van der Waals surface area contributed by atoms with E-state index >= 15 is 0 Å². The predicted octanol–water partition coefficient (Wildman–Crippen LogP) is 2.00. The Bertz CT molecular complexity index is 601. The molecule has 0 atom stereocenters. The van der Waals surface area contributed by atoms with Crippen LogP contribution in [0.15, 0.2) is 12.1 Å². The number of nitrogens with two attached hydrogens (primary N) is 1. The maximum Gasteiger partial charge on any atom is 0.250 e. The van der Waals surface area contributed by atoms with E-state index in [-0.39, 0.29) is 22.8 Å². The lowest BCUT2D eigenvalue weighted by Gasteiger charge is -2.25. The summed E-state index contributed by atoms with van der Waals surface area (Å²) in [5.41, 5.74) is 6.79. The van der Waals surface area contributed by atoms with Gasteiger partial charge >= 0.3 is 0 Å². The van der Waals surface area contributed by atoms with Gasteiger partial charge < -0.3 is 16.4 Å². The third-order valence-corrected chi connectivity index (χ3v) is 2.83. The maximum atomic E-state index is 11.7. The molecule has 0 fully saturated rings. The van der Waals surface area contributed by atoms with Crippen LogP contribution in [0.5, 0.6) is 0 Å². The molecule has 0 bridgehead atoms. The molecule has 21 heavy (non-hydrogen) atoms. The van der Waals surface area contributed by atoms with E-state index < -0.39 is 5.91 Å². The largest absolute Gasteiger partial charge is 0.366 e. The zero-order chi connectivity index (χ0) is 16.4. The van der Waals surface area contributed by atoms with E-state index in [0.717, 1.165) is 5.56 Å². The molecule has 0 aromatic heterocycles. The monoisotopic (exact) mass is 291 g/mol. The summed E-state index contributed by atoms with van der Waals surface area (Å²) in [4.78, 5) is 34.3. The molecule has 0 saturated carbocycles. The molecule has 1 aromatic carbocycles. The summed E-state index contributed by atoms with van der Waals surface area (Å²) in [6.45, 7) is 8.56. The fraction of sp³-hybridized carbons (Fsp3) is 0.400. The Morgan fingerprint density at radius 2 is 1.52 bits per heavy atom. The molecule has 0 heterocycles. The van der Waals surface area contributed by atoms with E-state index in [1.165, 1.54) is 19.9 Å². The van der Waals surface area contributed by atoms with Crippen LogP contribution in [0.25, 0.3) is 0 Å². The minimum atomic E-state index is -0.670. The van der Waals surface area contributed by atoms with Crippen molar-refractivity contribution in [2.45, 2.75) is 40.0 Å². The Balaban J connectivity index is 3.61. The zero-order valence-electron chi connectivity index (χ0n) is 13.0. The van der Waals surface area contributed by atoms with Gasteiger partial charge in [0.05, 0.1) is 11.3 Å². The van der Waals surface area contributed by atoms with Gasteiger partial charge in [-0.25, -0.2) is 0 Å². The highest BCUT2D eigenvalue weighted by Crippen LogP contribution is 2.35. The Kier molecular flexibility index (Phi) is 4.73. The molecule has 1 rings (SSSR count). The summed E-state index contributed by atoms with van der Waals surface area (Å²) in [7, 11) is 0. The number of carbonyl (C=O) groups is 3. The number of hydrogen-bond donors (Lipinski definition) is 3. The molecule has 6 heteroatoms. The predicted molar refractivity (Wildman–Crippen MR) is 82.3 cm³/mol. The molecule has 0 aliphatic rings. The number of hydrogen-bond acceptors (Lipinski definition) is 3. The van der Waals surface area contributed by atoms with Gasteiger partial charge in [-0.2, -0.15) is 0 Å². The van der Waals surface area contributed by atoms with E-state index in [9.17, 15) is 14.4 Å². The number of anilines is 2. The van der Waals surface area contributed by atoms with E-state index in [2.05, 4.69) is 10.6 Å². The van der Waals surface area contributed by atoms with Crippen molar-refractivity contribution in [2.24, 2.45) is 5.73 Å². The fourth-order valence-corrected chi connectivity index (χ4v) is 2.01. The zero-order valence-corrected chi connectivity index (χ0v) is 13.0. The molecular weight excluding hydrogens is 270 g/mol. The SMILES string of the molecule is CC(=O)Nc1cc(C(N)=O)c(NC(C)=O)c(C(C)(C)C)c1. The second-order valence-corrected chi connectivity index (χ2v) is 5.92. The van der Waals surface area contributed by atoms with E-state index in [1.54, 1.807) is 6.07 Å². The molecule has 3 amide bonds. The number of amides is 3. The number of benzene rings is 1. The summed E-state index contributed by atoms with van der Waals surface area (Å²) in [6.07, 6.45) is 0. The van der Waals surface area contributed by atoms with Gasteiger partial charge in [0.15, 0.2) is 0 Å². The molecule has 4 N–H and O–H groups in total. The smallest absolute Gasteiger partial charge is 0.250 e. The number of rotatable bonds is 3. The summed E-state index contributed by atoms with van der Waals surface area (Å²) < 4.78 is 0. The van der Waals surface area contributed by atoms with Gasteiger partial charge in [-0.3, -0.25) is 14.4 Å². The molecule has 0 saturated heterocycles. The van der Waals surface area contributed by atoms with Gasteiger partial charge in [0, 0.05) is 19.5 Å². The van der Waals surface area contributed by atoms with Gasteiger partial charge in [-0.15, -0.1) is 0 Å². The van der Waals surface area contributed by atoms with Crippen molar-refractivity contribution in [3.63, 3.8) is 0 Å². The summed E-state index contributed by atoms with van der Waals surface area (Å²) >= 11 is 0. The molecule has 0 aliphatic carbocycles. The Labute approximate surface area is 124 Å². The van der Waals surface area contributed by atoms with E-state index in [1.807, 2.05) is 20.8 Å². The van der Waals surface area contributed by atoms with Gasteiger partial charge in [-0.05, 0) is 23.1 Å². The van der Waals surface area contributed by atoms with Crippen molar-refractivity contribution in [3.05, 3.63) is 23.3 Å². The Hall–Kier alpha value is -2.37. The topological polar surface area (TPSA) is 101 Å². The Morgan fingerprint density at radius 3 is 1.90 bits per heavy atom. The molecule has 114 valence electrons. The quantitative estimate of drug-likeness (QED) is 0.793. The standard InChI is InChI=1S/C15H21N3O3/c1-8(19)17-10-6-11(14(16)21)13(18-9(2)20)12(7-10)15(3,4)5/h6-7H,1-5H3,(H2,16,21)(H,17,19)(H,18,20). The second-order valence-electron chi connectivity index (χ2n) is 5.92. The van der Waals surface area contributed by atoms with Crippen molar-refractivity contribution < 1.29 is 14.4 Å². The van der Waals surface area contributed by atoms with Crippen molar-refractivity contribution in [1.29, 1.82) is 0 Å². The lowest BCUT2D eigenvalue weighted by atomic mass is 9.83. The first-order valence-electron chi connectivity index (χ1n) is 6.56. The van der Waals surface area contributed by atoms with Crippen molar-refractivity contribution in [3.8, 4) is 0 Å². The van der Waals surface area contributed by atoms with Crippen LogP contribution in [-0.2, 0) is 15.0 Å². The van der Waals surface area contributed by atoms with Crippen LogP contribution in [0.2, 0.25) is 0 Å². The van der Waals surface area contributed by atoms with E-state index in [0.29, 0.717) is 11.4 Å². The first kappa shape index (κ1) is 16.7. The average Bonchev–Trinajstić information content (AvgIpc) is 2.27. The van der Waals surface area contributed by atoms with Crippen LogP contribution in [0.3, 0.4) is 0 Å². The minimum Gasteiger partial charge on any atom is -0.366 e. The molecule has 0 radical (unpaired) electrons. The van der Waals surface area contributed by atoms with Crippen LogP contribution in [0.1, 0.15) is 50.5 Å². The van der Waals surface area contributed by atoms with E-state index in [4.69, 9.17) is 5.73 Å². The first-order valence-corrected chi connectivity index (χ1v) is 6.56.